The van der Waals surface area contributed by atoms with Crippen molar-refractivity contribution in [1.82, 2.24) is 9.78 Å². The molecule has 3 aromatic rings. The van der Waals surface area contributed by atoms with Crippen molar-refractivity contribution < 1.29 is 9.59 Å². The molecule has 1 aliphatic heterocycles. The molecule has 2 heterocycles. The summed E-state index contributed by atoms with van der Waals surface area (Å²) >= 11 is 1.44. The van der Waals surface area contributed by atoms with Gasteiger partial charge < -0.3 is 10.6 Å². The Bertz CT molecular complexity index is 1090. The van der Waals surface area contributed by atoms with Crippen LogP contribution in [0.1, 0.15) is 24.1 Å². The first-order valence-electron chi connectivity index (χ1n) is 9.71. The number of fused-ring (bicyclic) bond motifs is 2. The molecule has 2 N–H and O–H groups in total. The maximum absolute atomic E-state index is 12.9. The molecule has 0 radical (unpaired) electrons. The average molecular weight is 404 g/mol. The van der Waals surface area contributed by atoms with Crippen molar-refractivity contribution in [2.45, 2.75) is 35.8 Å². The predicted molar refractivity (Wildman–Crippen MR) is 114 cm³/mol. The van der Waals surface area contributed by atoms with Crippen LogP contribution < -0.4 is 10.6 Å². The van der Waals surface area contributed by atoms with Crippen LogP contribution in [0.5, 0.6) is 0 Å². The van der Waals surface area contributed by atoms with Crippen molar-refractivity contribution >= 4 is 35.1 Å². The van der Waals surface area contributed by atoms with Crippen LogP contribution in [-0.4, -0.2) is 26.8 Å². The number of rotatable bonds is 4. The number of para-hydroxylation sites is 2. The molecule has 2 aliphatic rings. The summed E-state index contributed by atoms with van der Waals surface area (Å²) in [6, 6.07) is 17.5. The fraction of sp³-hybridized carbons (Fsp3) is 0.227. The molecular formula is C22H20N4O2S. The van der Waals surface area contributed by atoms with Crippen molar-refractivity contribution in [2.24, 2.45) is 0 Å². The third-order valence-corrected chi connectivity index (χ3v) is 6.52. The van der Waals surface area contributed by atoms with Gasteiger partial charge in [-0.3, -0.25) is 9.59 Å². The van der Waals surface area contributed by atoms with Crippen molar-refractivity contribution in [2.75, 3.05) is 10.6 Å². The maximum Gasteiger partial charge on any atom is 0.238 e. The lowest BCUT2D eigenvalue weighted by molar-refractivity contribution is -0.120. The minimum Gasteiger partial charge on any atom is -0.324 e. The summed E-state index contributed by atoms with van der Waals surface area (Å²) in [5.74, 6) is 0.421. The molecule has 0 saturated carbocycles. The lowest BCUT2D eigenvalue weighted by atomic mass is 10.2. The average Bonchev–Trinajstić information content (AvgIpc) is 3.32. The fourth-order valence-electron chi connectivity index (χ4n) is 3.85. The maximum atomic E-state index is 12.9. The number of carbonyl (C=O) groups is 2. The van der Waals surface area contributed by atoms with Crippen LogP contribution in [0.15, 0.2) is 59.5 Å². The normalized spacial score (nSPS) is 17.4. The van der Waals surface area contributed by atoms with Gasteiger partial charge >= 0.3 is 0 Å². The predicted octanol–water partition coefficient (Wildman–Crippen LogP) is 3.80. The number of carbonyl (C=O) groups excluding carboxylic acids is 2. The number of benzene rings is 2. The molecule has 2 amide bonds. The van der Waals surface area contributed by atoms with E-state index in [1.165, 1.54) is 11.8 Å². The highest BCUT2D eigenvalue weighted by Gasteiger charge is 2.30. The quantitative estimate of drug-likeness (QED) is 0.693. The van der Waals surface area contributed by atoms with E-state index < -0.39 is 5.25 Å². The molecule has 7 heteroatoms. The Morgan fingerprint density at radius 1 is 1.14 bits per heavy atom. The SMILES string of the molecule is O=C(CC1Sc2ccccc2NC1=O)Nc1c2c(nn1-c1ccccc1)CCC2. The number of aromatic nitrogens is 2. The first-order chi connectivity index (χ1) is 14.2. The number of amides is 2. The largest absolute Gasteiger partial charge is 0.324 e. The molecule has 0 spiro atoms. The van der Waals surface area contributed by atoms with E-state index in [9.17, 15) is 9.59 Å². The highest BCUT2D eigenvalue weighted by atomic mass is 32.2. The van der Waals surface area contributed by atoms with E-state index in [1.807, 2.05) is 59.3 Å². The smallest absolute Gasteiger partial charge is 0.238 e. The van der Waals surface area contributed by atoms with E-state index in [1.54, 1.807) is 0 Å². The molecule has 5 rings (SSSR count). The molecule has 0 saturated heterocycles. The molecule has 2 aromatic carbocycles. The Balaban J connectivity index is 1.37. The molecule has 0 fully saturated rings. The van der Waals surface area contributed by atoms with Crippen LogP contribution in [0.3, 0.4) is 0 Å². The molecule has 6 nitrogen and oxygen atoms in total. The lowest BCUT2D eigenvalue weighted by Crippen LogP contribution is -2.32. The van der Waals surface area contributed by atoms with Crippen molar-refractivity contribution in [3.8, 4) is 5.69 Å². The van der Waals surface area contributed by atoms with E-state index in [0.717, 1.165) is 52.6 Å². The molecule has 1 aliphatic carbocycles. The Kier molecular flexibility index (Phi) is 4.60. The van der Waals surface area contributed by atoms with E-state index in [-0.39, 0.29) is 18.2 Å². The standard InChI is InChI=1S/C22H20N4O2S/c27-20(13-19-22(28)23-17-10-4-5-12-18(17)29-19)24-21-15-9-6-11-16(15)25-26(21)14-7-2-1-3-8-14/h1-5,7-8,10,12,19H,6,9,11,13H2,(H,23,28)(H,24,27). The first-order valence-corrected chi connectivity index (χ1v) is 10.6. The Morgan fingerprint density at radius 2 is 1.93 bits per heavy atom. The Morgan fingerprint density at radius 3 is 2.79 bits per heavy atom. The fourth-order valence-corrected chi connectivity index (χ4v) is 4.97. The third-order valence-electron chi connectivity index (χ3n) is 5.24. The molecular weight excluding hydrogens is 384 g/mol. The van der Waals surface area contributed by atoms with Crippen LogP contribution >= 0.6 is 11.8 Å². The molecule has 1 aromatic heterocycles. The summed E-state index contributed by atoms with van der Waals surface area (Å²) in [7, 11) is 0. The zero-order chi connectivity index (χ0) is 19.8. The number of nitrogens with one attached hydrogen (secondary N) is 2. The number of aryl methyl sites for hydroxylation is 1. The van der Waals surface area contributed by atoms with Crippen LogP contribution in [0.4, 0.5) is 11.5 Å². The molecule has 1 unspecified atom stereocenters. The van der Waals surface area contributed by atoms with Gasteiger partial charge in [0, 0.05) is 16.9 Å². The highest BCUT2D eigenvalue weighted by Crippen LogP contribution is 2.37. The van der Waals surface area contributed by atoms with Gasteiger partial charge in [-0.1, -0.05) is 30.3 Å². The summed E-state index contributed by atoms with van der Waals surface area (Å²) in [6.07, 6.45) is 2.99. The number of thioether (sulfide) groups is 1. The van der Waals surface area contributed by atoms with E-state index in [4.69, 9.17) is 5.10 Å². The summed E-state index contributed by atoms with van der Waals surface area (Å²) in [4.78, 5) is 26.3. The summed E-state index contributed by atoms with van der Waals surface area (Å²) in [5.41, 5.74) is 3.87. The molecule has 1 atom stereocenters. The van der Waals surface area contributed by atoms with Crippen molar-refractivity contribution in [3.63, 3.8) is 0 Å². The Hall–Kier alpha value is -3.06. The van der Waals surface area contributed by atoms with Crippen molar-refractivity contribution in [3.05, 3.63) is 65.9 Å². The van der Waals surface area contributed by atoms with E-state index >= 15 is 0 Å². The zero-order valence-corrected chi connectivity index (χ0v) is 16.5. The van der Waals surface area contributed by atoms with Crippen LogP contribution in [-0.2, 0) is 22.4 Å². The lowest BCUT2D eigenvalue weighted by Gasteiger charge is -2.23. The van der Waals surface area contributed by atoms with Crippen LogP contribution in [0.2, 0.25) is 0 Å². The third kappa shape index (κ3) is 3.42. The van der Waals surface area contributed by atoms with Gasteiger partial charge in [-0.15, -0.1) is 11.8 Å². The van der Waals surface area contributed by atoms with Crippen LogP contribution in [0.25, 0.3) is 5.69 Å². The van der Waals surface area contributed by atoms with Gasteiger partial charge in [-0.2, -0.15) is 5.10 Å². The van der Waals surface area contributed by atoms with Gasteiger partial charge in [0.15, 0.2) is 0 Å². The second-order valence-electron chi connectivity index (χ2n) is 7.22. The zero-order valence-electron chi connectivity index (χ0n) is 15.7. The number of hydrogen-bond donors (Lipinski definition) is 2. The molecule has 0 bridgehead atoms. The number of anilines is 2. The summed E-state index contributed by atoms with van der Waals surface area (Å²) in [6.45, 7) is 0. The highest BCUT2D eigenvalue weighted by molar-refractivity contribution is 8.01. The van der Waals surface area contributed by atoms with Gasteiger partial charge in [-0.05, 0) is 43.5 Å². The minimum absolute atomic E-state index is 0.111. The Labute approximate surface area is 172 Å². The van der Waals surface area contributed by atoms with Gasteiger partial charge in [0.25, 0.3) is 0 Å². The second-order valence-corrected chi connectivity index (χ2v) is 8.46. The minimum atomic E-state index is -0.453. The summed E-state index contributed by atoms with van der Waals surface area (Å²) < 4.78 is 1.81. The van der Waals surface area contributed by atoms with Gasteiger partial charge in [0.05, 0.1) is 22.3 Å². The summed E-state index contributed by atoms with van der Waals surface area (Å²) in [5, 5.41) is 10.2. The molecule has 146 valence electrons. The van der Waals surface area contributed by atoms with Crippen LogP contribution in [0, 0.1) is 0 Å². The topological polar surface area (TPSA) is 76.0 Å². The number of hydrogen-bond acceptors (Lipinski definition) is 4. The molecule has 29 heavy (non-hydrogen) atoms. The monoisotopic (exact) mass is 404 g/mol. The van der Waals surface area contributed by atoms with Gasteiger partial charge in [0.2, 0.25) is 11.8 Å². The first kappa shape index (κ1) is 18.0. The van der Waals surface area contributed by atoms with E-state index in [0.29, 0.717) is 0 Å². The number of nitrogens with zero attached hydrogens (tertiary/aromatic N) is 2. The van der Waals surface area contributed by atoms with Gasteiger partial charge in [0.1, 0.15) is 5.82 Å². The van der Waals surface area contributed by atoms with Crippen molar-refractivity contribution in [1.29, 1.82) is 0 Å². The van der Waals surface area contributed by atoms with E-state index in [2.05, 4.69) is 10.6 Å². The van der Waals surface area contributed by atoms with Gasteiger partial charge in [-0.25, -0.2) is 4.68 Å². The second kappa shape index (κ2) is 7.40.